The van der Waals surface area contributed by atoms with Gasteiger partial charge in [-0.25, -0.2) is 0 Å². The van der Waals surface area contributed by atoms with Gasteiger partial charge in [0, 0.05) is 0 Å². The average molecular weight is 515 g/mol. The first kappa shape index (κ1) is 25.5. The van der Waals surface area contributed by atoms with E-state index >= 15 is 0 Å². The molecule has 1 aliphatic rings. The number of aliphatic hydroxyl groups excluding tert-OH is 2. The van der Waals surface area contributed by atoms with E-state index in [0.29, 0.717) is 32.1 Å². The summed E-state index contributed by atoms with van der Waals surface area (Å²) in [5.41, 5.74) is 0. The zero-order valence-corrected chi connectivity index (χ0v) is 20.0. The van der Waals surface area contributed by atoms with Gasteiger partial charge in [-0.2, -0.15) is 0 Å². The summed E-state index contributed by atoms with van der Waals surface area (Å²) >= 11 is 11.0. The number of unbranched alkanes of at least 4 members (excludes halogenated alkanes) is 1. The van der Waals surface area contributed by atoms with Crippen molar-refractivity contribution in [2.45, 2.75) is 57.2 Å². The molecule has 0 spiro atoms. The molecule has 8 heteroatoms. The molecule has 5 atom stereocenters. The Bertz CT molecular complexity index is 747. The first-order valence-corrected chi connectivity index (χ1v) is 12.2. The van der Waals surface area contributed by atoms with Crippen LogP contribution in [0.1, 0.15) is 43.4 Å². The van der Waals surface area contributed by atoms with Gasteiger partial charge in [-0.05, 0) is 0 Å². The Labute approximate surface area is 196 Å². The molecular weight excluding hydrogens is 486 g/mol. The first-order valence-electron chi connectivity index (χ1n) is 10.2. The second-order valence-corrected chi connectivity index (χ2v) is 10.3. The molecule has 0 bridgehead atoms. The fraction of sp³-hybridized carbons (Fsp3) is 0.545. The predicted molar refractivity (Wildman–Crippen MR) is 129 cm³/mol. The monoisotopic (exact) mass is 513 g/mol. The molecule has 1 saturated carbocycles. The molecule has 0 aromatic carbocycles. The number of hydrogen-bond acceptors (Lipinski definition) is 4. The van der Waals surface area contributed by atoms with E-state index in [1.807, 2.05) is 30.4 Å². The molecule has 1 heterocycles. The van der Waals surface area contributed by atoms with Crippen LogP contribution in [0.15, 0.2) is 34.8 Å². The summed E-state index contributed by atoms with van der Waals surface area (Å²) in [6.07, 6.45) is 10.9. The van der Waals surface area contributed by atoms with Crippen LogP contribution in [-0.2, 0) is 11.2 Å². The van der Waals surface area contributed by atoms with Crippen molar-refractivity contribution in [3.05, 3.63) is 44.1 Å². The first-order chi connectivity index (χ1) is 14.3. The summed E-state index contributed by atoms with van der Waals surface area (Å²) < 4.78 is 1.60. The predicted octanol–water partition coefficient (Wildman–Crippen LogP) is 4.80. The van der Waals surface area contributed by atoms with E-state index in [0.717, 1.165) is 20.1 Å². The molecule has 1 unspecified atom stereocenters. The number of aryl methyl sites for hydroxylation is 1. The Morgan fingerprint density at radius 3 is 2.83 bits per heavy atom. The Kier molecular flexibility index (Phi) is 11.0. The quantitative estimate of drug-likeness (QED) is 0.213. The van der Waals surface area contributed by atoms with E-state index in [-0.39, 0.29) is 24.2 Å². The number of carboxylic acid groups (broad SMARTS) is 1. The van der Waals surface area contributed by atoms with Crippen molar-refractivity contribution < 1.29 is 20.1 Å². The molecule has 4 nitrogen and oxygen atoms in total. The topological polar surface area (TPSA) is 77.8 Å². The normalized spacial score (nSPS) is 25.3. The maximum absolute atomic E-state index is 10.6. The standard InChI is InChI=1S/C22H28BBrClO4S/c23-13-14-11-20(27)18(5-3-1-2-4-6-21(28)29)17(14)10-8-15(26)7-9-16-12-19(24)22(25)30-16/h1,3,8,10,12-15,17-18,20,26-27H,2,4-7,9,11H2,(H,28,29)/b3-1-,10-8+/t14-,15-,17-,18+,20?/m0/s1. The number of aliphatic carboxylic acids is 1. The van der Waals surface area contributed by atoms with Crippen LogP contribution in [0.4, 0.5) is 0 Å². The molecule has 30 heavy (non-hydrogen) atoms. The van der Waals surface area contributed by atoms with Crippen LogP contribution in [-0.4, -0.2) is 47.0 Å². The van der Waals surface area contributed by atoms with Crippen molar-refractivity contribution in [1.82, 2.24) is 0 Å². The van der Waals surface area contributed by atoms with Crippen LogP contribution in [0.3, 0.4) is 0 Å². The fourth-order valence-electron chi connectivity index (χ4n) is 3.89. The van der Waals surface area contributed by atoms with E-state index in [4.69, 9.17) is 24.2 Å². The van der Waals surface area contributed by atoms with Gasteiger partial charge in [-0.3, -0.25) is 0 Å². The number of carboxylic acids is 1. The number of hydrogen-bond donors (Lipinski definition) is 3. The molecule has 1 aromatic heterocycles. The minimum absolute atomic E-state index is 0.0287. The van der Waals surface area contributed by atoms with Gasteiger partial charge < -0.3 is 0 Å². The van der Waals surface area contributed by atoms with Gasteiger partial charge >= 0.3 is 197 Å². The van der Waals surface area contributed by atoms with E-state index in [9.17, 15) is 15.0 Å². The summed E-state index contributed by atoms with van der Waals surface area (Å²) in [5.74, 6) is 1.02. The van der Waals surface area contributed by atoms with Crippen molar-refractivity contribution in [3.8, 4) is 0 Å². The molecule has 1 aliphatic carbocycles. The van der Waals surface area contributed by atoms with Gasteiger partial charge in [-0.15, -0.1) is 0 Å². The maximum atomic E-state index is 10.6. The average Bonchev–Trinajstić information content (AvgIpc) is 3.19. The minimum atomic E-state index is -0.783. The second kappa shape index (κ2) is 13.0. The van der Waals surface area contributed by atoms with Gasteiger partial charge in [-0.1, -0.05) is 0 Å². The van der Waals surface area contributed by atoms with Crippen molar-refractivity contribution in [3.63, 3.8) is 0 Å². The van der Waals surface area contributed by atoms with Gasteiger partial charge in [0.05, 0.1) is 0 Å². The van der Waals surface area contributed by atoms with Crippen LogP contribution in [0.25, 0.3) is 0 Å². The Morgan fingerprint density at radius 2 is 2.20 bits per heavy atom. The second-order valence-electron chi connectivity index (χ2n) is 7.72. The summed E-state index contributed by atoms with van der Waals surface area (Å²) in [4.78, 5) is 11.7. The summed E-state index contributed by atoms with van der Waals surface area (Å²) in [5, 5.41) is 29.5. The number of aliphatic hydroxyl groups is 2. The summed E-state index contributed by atoms with van der Waals surface area (Å²) in [7, 11) is 5.81. The van der Waals surface area contributed by atoms with Gasteiger partial charge in [0.1, 0.15) is 0 Å². The number of rotatable bonds is 12. The molecule has 163 valence electrons. The van der Waals surface area contributed by atoms with Crippen molar-refractivity contribution in [2.24, 2.45) is 17.8 Å². The van der Waals surface area contributed by atoms with Crippen LogP contribution in [0, 0.1) is 17.8 Å². The van der Waals surface area contributed by atoms with E-state index in [1.54, 1.807) is 5.97 Å². The molecule has 3 N–H and O–H groups in total. The van der Waals surface area contributed by atoms with Gasteiger partial charge in [0.25, 0.3) is 0 Å². The van der Waals surface area contributed by atoms with Crippen LogP contribution in [0.2, 0.25) is 4.34 Å². The number of allylic oxidation sites excluding steroid dienone is 3. The van der Waals surface area contributed by atoms with Crippen LogP contribution >= 0.6 is 38.9 Å². The van der Waals surface area contributed by atoms with Crippen LogP contribution < -0.4 is 0 Å². The van der Waals surface area contributed by atoms with E-state index < -0.39 is 18.2 Å². The molecule has 0 amide bonds. The van der Waals surface area contributed by atoms with E-state index in [1.165, 1.54) is 11.3 Å². The Hall–Kier alpha value is -0.725. The van der Waals surface area contributed by atoms with Gasteiger partial charge in [0.2, 0.25) is 0 Å². The third kappa shape index (κ3) is 8.08. The third-order valence-corrected chi connectivity index (χ3v) is 8.05. The third-order valence-electron chi connectivity index (χ3n) is 5.52. The zero-order valence-electron chi connectivity index (χ0n) is 16.8. The summed E-state index contributed by atoms with van der Waals surface area (Å²) in [6.45, 7) is 0. The molecule has 0 saturated heterocycles. The Balaban J connectivity index is 1.89. The molecule has 0 aliphatic heterocycles. The molecule has 2 rings (SSSR count). The molecule has 1 radical (unpaired) electrons. The zero-order chi connectivity index (χ0) is 22.1. The number of carbonyl (C=O) groups is 1. The van der Waals surface area contributed by atoms with Crippen molar-refractivity contribution in [1.29, 1.82) is 0 Å². The number of halogens is 2. The SMILES string of the molecule is [B]=C[C@@H]1CC(O)[C@H](C/C=C\CCCC(=O)O)[C@H]1/C=C/[C@@H](O)CCc1cc(Br)c(Cl)s1. The van der Waals surface area contributed by atoms with Crippen LogP contribution in [0.5, 0.6) is 0 Å². The Morgan fingerprint density at radius 1 is 1.43 bits per heavy atom. The number of thiophene rings is 1. The van der Waals surface area contributed by atoms with Crippen molar-refractivity contribution in [2.75, 3.05) is 0 Å². The summed E-state index contributed by atoms with van der Waals surface area (Å²) in [6, 6.07) is 1.98. The fourth-order valence-corrected chi connectivity index (χ4v) is 5.70. The van der Waals surface area contributed by atoms with E-state index in [2.05, 4.69) is 15.9 Å². The molecular formula is C22H28BBrClO4S. The molecule has 1 fully saturated rings. The van der Waals surface area contributed by atoms with Gasteiger partial charge in [0.15, 0.2) is 0 Å². The molecule has 1 aromatic rings. The van der Waals surface area contributed by atoms with Crippen molar-refractivity contribution >= 4 is 58.3 Å².